The standard InChI is InChI=1S/C24H40N6.C24H31N5O2.C2H6/c1-3-30(4-2)16-10-6-9-15-26-21-17-22(25)28-20-13-14-23(29-24(20)21)27-18-19-11-7-5-8-12-19;1-3-29(4-2)13-7-5-6-12-26-23-19-14-17(8-10-20(19)27-24(25)28-23)18-9-11-21-22(15-18)31-16-30-21;1-2/h13-14,17,19H,3-12,15-16,18H2,1-2H3,(H,27,29)(H3,25,26,28);8-11,14-15H,3-7,12-13,16H2,1-2H3,(H3,25,26,27,28);1-2H3. The van der Waals surface area contributed by atoms with E-state index in [-0.39, 0.29) is 12.7 Å². The summed E-state index contributed by atoms with van der Waals surface area (Å²) in [5, 5.41) is 11.5. The molecule has 13 nitrogen and oxygen atoms in total. The Morgan fingerprint density at radius 3 is 1.95 bits per heavy atom. The van der Waals surface area contributed by atoms with Gasteiger partial charge in [0.15, 0.2) is 11.5 Å². The zero-order chi connectivity index (χ0) is 44.8. The Labute approximate surface area is 377 Å². The molecule has 13 heteroatoms. The predicted molar refractivity (Wildman–Crippen MR) is 266 cm³/mol. The molecule has 0 unspecified atom stereocenters. The van der Waals surface area contributed by atoms with E-state index in [0.29, 0.717) is 5.82 Å². The highest BCUT2D eigenvalue weighted by Gasteiger charge is 2.16. The molecule has 0 bridgehead atoms. The van der Waals surface area contributed by atoms with Crippen molar-refractivity contribution in [2.24, 2.45) is 5.92 Å². The maximum Gasteiger partial charge on any atom is 0.231 e. The second kappa shape index (κ2) is 26.5. The molecule has 0 amide bonds. The lowest BCUT2D eigenvalue weighted by Gasteiger charge is -2.22. The molecule has 4 heterocycles. The first-order chi connectivity index (χ1) is 30.9. The van der Waals surface area contributed by atoms with Gasteiger partial charge in [-0.1, -0.05) is 85.8 Å². The molecule has 0 saturated heterocycles. The molecule has 1 saturated carbocycles. The van der Waals surface area contributed by atoms with E-state index < -0.39 is 0 Å². The van der Waals surface area contributed by atoms with Crippen LogP contribution in [0.1, 0.15) is 112 Å². The molecule has 0 atom stereocenters. The Balaban J connectivity index is 0.000000229. The number of nitrogens with zero attached hydrogens (tertiary/aromatic N) is 6. The molecule has 63 heavy (non-hydrogen) atoms. The SMILES string of the molecule is CC.CCN(CC)CCCCCNc1cc(N)nc2ccc(NCC3CCCCC3)nc12.CCN(CC)CCCCCNc1nc(N)nc2ccc(-c3ccc4c(c3)OCO4)cc12. The van der Waals surface area contributed by atoms with Gasteiger partial charge in [-0.25, -0.2) is 15.0 Å². The molecule has 0 spiro atoms. The van der Waals surface area contributed by atoms with Crippen LogP contribution in [0.25, 0.3) is 33.1 Å². The summed E-state index contributed by atoms with van der Waals surface area (Å²) in [5.41, 5.74) is 17.7. The number of nitrogens with two attached hydrogens (primary N) is 2. The van der Waals surface area contributed by atoms with Crippen molar-refractivity contribution in [3.05, 3.63) is 54.6 Å². The third-order valence-corrected chi connectivity index (χ3v) is 12.1. The van der Waals surface area contributed by atoms with E-state index in [2.05, 4.69) is 74.5 Å². The topological polar surface area (TPSA) is 165 Å². The van der Waals surface area contributed by atoms with E-state index in [1.807, 2.05) is 62.4 Å². The molecule has 344 valence electrons. The van der Waals surface area contributed by atoms with Gasteiger partial charge in [0.2, 0.25) is 12.7 Å². The zero-order valence-corrected chi connectivity index (χ0v) is 39.3. The first-order valence-corrected chi connectivity index (χ1v) is 24.1. The third kappa shape index (κ3) is 15.0. The Bertz CT molecular complexity index is 2100. The van der Waals surface area contributed by atoms with Gasteiger partial charge >= 0.3 is 0 Å². The van der Waals surface area contributed by atoms with E-state index in [9.17, 15) is 0 Å². The van der Waals surface area contributed by atoms with E-state index in [0.717, 1.165) is 133 Å². The molecule has 3 aromatic heterocycles. The van der Waals surface area contributed by atoms with Crippen molar-refractivity contribution in [3.8, 4) is 22.6 Å². The van der Waals surface area contributed by atoms with Gasteiger partial charge in [-0.05, 0) is 131 Å². The zero-order valence-electron chi connectivity index (χ0n) is 39.3. The van der Waals surface area contributed by atoms with Gasteiger partial charge in [0.1, 0.15) is 23.0 Å². The lowest BCUT2D eigenvalue weighted by atomic mass is 9.89. The van der Waals surface area contributed by atoms with Gasteiger partial charge in [-0.15, -0.1) is 0 Å². The lowest BCUT2D eigenvalue weighted by molar-refractivity contribution is 0.174. The van der Waals surface area contributed by atoms with Crippen LogP contribution in [0, 0.1) is 5.92 Å². The quantitative estimate of drug-likeness (QED) is 0.0418. The van der Waals surface area contributed by atoms with Crippen LogP contribution >= 0.6 is 0 Å². The van der Waals surface area contributed by atoms with Crippen LogP contribution < -0.4 is 36.9 Å². The molecule has 1 aliphatic carbocycles. The number of hydrogen-bond acceptors (Lipinski definition) is 13. The Kier molecular flexibility index (Phi) is 20.5. The maximum atomic E-state index is 6.03. The number of aromatic nitrogens is 4. The fourth-order valence-corrected chi connectivity index (χ4v) is 8.32. The van der Waals surface area contributed by atoms with Crippen LogP contribution in [0.4, 0.5) is 29.1 Å². The minimum absolute atomic E-state index is 0.270. The number of rotatable bonds is 22. The first kappa shape index (κ1) is 48.9. The Morgan fingerprint density at radius 2 is 1.25 bits per heavy atom. The van der Waals surface area contributed by atoms with Crippen LogP contribution in [0.15, 0.2) is 54.6 Å². The minimum Gasteiger partial charge on any atom is -0.454 e. The van der Waals surface area contributed by atoms with Gasteiger partial charge in [0.25, 0.3) is 0 Å². The van der Waals surface area contributed by atoms with E-state index in [1.165, 1.54) is 64.3 Å². The second-order valence-electron chi connectivity index (χ2n) is 16.3. The summed E-state index contributed by atoms with van der Waals surface area (Å²) in [7, 11) is 0. The van der Waals surface area contributed by atoms with Gasteiger partial charge in [-0.2, -0.15) is 4.98 Å². The number of pyridine rings is 2. The van der Waals surface area contributed by atoms with Crippen molar-refractivity contribution < 1.29 is 9.47 Å². The third-order valence-electron chi connectivity index (χ3n) is 12.1. The first-order valence-electron chi connectivity index (χ1n) is 24.1. The number of ether oxygens (including phenoxy) is 2. The van der Waals surface area contributed by atoms with Crippen molar-refractivity contribution in [2.75, 3.05) is 93.1 Å². The van der Waals surface area contributed by atoms with Gasteiger partial charge in [-0.3, -0.25) is 0 Å². The van der Waals surface area contributed by atoms with Crippen molar-refractivity contribution in [1.29, 1.82) is 0 Å². The summed E-state index contributed by atoms with van der Waals surface area (Å²) in [4.78, 5) is 23.1. The average Bonchev–Trinajstić information content (AvgIpc) is 3.80. The molecule has 2 aliphatic rings. The Hall–Kier alpha value is -5.14. The minimum atomic E-state index is 0.270. The molecule has 1 aliphatic heterocycles. The largest absolute Gasteiger partial charge is 0.454 e. The van der Waals surface area contributed by atoms with Crippen LogP contribution in [-0.2, 0) is 0 Å². The van der Waals surface area contributed by atoms with Crippen molar-refractivity contribution in [2.45, 2.75) is 112 Å². The number of anilines is 5. The van der Waals surface area contributed by atoms with Crippen LogP contribution in [0.5, 0.6) is 11.5 Å². The highest BCUT2D eigenvalue weighted by molar-refractivity contribution is 5.94. The lowest BCUT2D eigenvalue weighted by Crippen LogP contribution is -2.23. The summed E-state index contributed by atoms with van der Waals surface area (Å²) < 4.78 is 10.9. The molecular formula is C50H77N11O2. The van der Waals surface area contributed by atoms with Gasteiger partial charge in [0, 0.05) is 31.1 Å². The average molecular weight is 864 g/mol. The number of fused-ring (bicyclic) bond motifs is 3. The highest BCUT2D eigenvalue weighted by atomic mass is 16.7. The molecular weight excluding hydrogens is 787 g/mol. The smallest absolute Gasteiger partial charge is 0.231 e. The molecule has 2 aromatic carbocycles. The number of unbranched alkanes of at least 4 members (excludes halogenated alkanes) is 4. The van der Waals surface area contributed by atoms with Gasteiger partial charge < -0.3 is 46.7 Å². The summed E-state index contributed by atoms with van der Waals surface area (Å²) in [6.45, 7) is 22.8. The fraction of sp³-hybridized carbons (Fsp3) is 0.560. The monoisotopic (exact) mass is 864 g/mol. The van der Waals surface area contributed by atoms with Gasteiger partial charge in [0.05, 0.1) is 16.7 Å². The number of benzene rings is 2. The van der Waals surface area contributed by atoms with Crippen molar-refractivity contribution >= 4 is 51.0 Å². The number of nitrogens with one attached hydrogen (secondary N) is 3. The van der Waals surface area contributed by atoms with Crippen molar-refractivity contribution in [1.82, 2.24) is 29.7 Å². The predicted octanol–water partition coefficient (Wildman–Crippen LogP) is 10.7. The molecule has 7 rings (SSSR count). The van der Waals surface area contributed by atoms with Crippen molar-refractivity contribution in [3.63, 3.8) is 0 Å². The van der Waals surface area contributed by atoms with E-state index in [4.69, 9.17) is 25.9 Å². The Morgan fingerprint density at radius 1 is 0.619 bits per heavy atom. The van der Waals surface area contributed by atoms with Crippen LogP contribution in [0.2, 0.25) is 0 Å². The van der Waals surface area contributed by atoms with Crippen LogP contribution in [-0.4, -0.2) is 95.4 Å². The fourth-order valence-electron chi connectivity index (χ4n) is 8.32. The molecule has 1 fully saturated rings. The molecule has 0 radical (unpaired) electrons. The summed E-state index contributed by atoms with van der Waals surface area (Å²) >= 11 is 0. The number of hydrogen-bond donors (Lipinski definition) is 5. The summed E-state index contributed by atoms with van der Waals surface area (Å²) in [6.07, 6.45) is 13.9. The van der Waals surface area contributed by atoms with Crippen LogP contribution in [0.3, 0.4) is 0 Å². The summed E-state index contributed by atoms with van der Waals surface area (Å²) in [5.74, 6) is 4.87. The normalized spacial score (nSPS) is 13.5. The molecule has 7 N–H and O–H groups in total. The highest BCUT2D eigenvalue weighted by Crippen LogP contribution is 2.37. The maximum absolute atomic E-state index is 6.03. The number of nitrogen functional groups attached to an aromatic ring is 2. The van der Waals surface area contributed by atoms with E-state index in [1.54, 1.807) is 0 Å². The molecule has 5 aromatic rings. The summed E-state index contributed by atoms with van der Waals surface area (Å²) in [6, 6.07) is 18.1. The van der Waals surface area contributed by atoms with E-state index >= 15 is 0 Å². The second-order valence-corrected chi connectivity index (χ2v) is 16.3.